The van der Waals surface area contributed by atoms with Gasteiger partial charge in [0.1, 0.15) is 5.82 Å². The summed E-state index contributed by atoms with van der Waals surface area (Å²) in [5, 5.41) is 6.27. The standard InChI is InChI=1S/C18H21BrFN3O2S.HI/c1-12-8-13(5-7-17(12)26(3,24)25)10-22-18(21-2)23-11-14-4-6-15(19)16(20)9-14;/h4-9H,10-11H2,1-3H3,(H2,21,22,23);1H. The Hall–Kier alpha value is -1.20. The lowest BCUT2D eigenvalue weighted by Gasteiger charge is -2.13. The van der Waals surface area contributed by atoms with Crippen LogP contribution in [0.2, 0.25) is 0 Å². The van der Waals surface area contributed by atoms with Gasteiger partial charge in [-0.2, -0.15) is 0 Å². The lowest BCUT2D eigenvalue weighted by atomic mass is 10.1. The highest BCUT2D eigenvalue weighted by Crippen LogP contribution is 2.17. The van der Waals surface area contributed by atoms with Crippen LogP contribution < -0.4 is 10.6 Å². The maximum Gasteiger partial charge on any atom is 0.191 e. The van der Waals surface area contributed by atoms with E-state index in [2.05, 4.69) is 31.6 Å². The monoisotopic (exact) mass is 569 g/mol. The van der Waals surface area contributed by atoms with E-state index in [1.54, 1.807) is 32.2 Å². The van der Waals surface area contributed by atoms with Gasteiger partial charge in [0.15, 0.2) is 15.8 Å². The fourth-order valence-electron chi connectivity index (χ4n) is 2.48. The minimum atomic E-state index is -3.22. The predicted octanol–water partition coefficient (Wildman–Crippen LogP) is 3.78. The summed E-state index contributed by atoms with van der Waals surface area (Å²) in [7, 11) is -1.57. The Morgan fingerprint density at radius 3 is 2.15 bits per heavy atom. The Labute approximate surface area is 184 Å². The van der Waals surface area contributed by atoms with Crippen molar-refractivity contribution in [1.29, 1.82) is 0 Å². The van der Waals surface area contributed by atoms with Crippen molar-refractivity contribution < 1.29 is 12.8 Å². The molecule has 0 amide bonds. The Kier molecular flexibility index (Phi) is 9.16. The van der Waals surface area contributed by atoms with Gasteiger partial charge < -0.3 is 10.6 Å². The van der Waals surface area contributed by atoms with E-state index in [0.29, 0.717) is 34.0 Å². The van der Waals surface area contributed by atoms with Gasteiger partial charge in [0.2, 0.25) is 0 Å². The van der Waals surface area contributed by atoms with Crippen molar-refractivity contribution in [3.05, 3.63) is 63.4 Å². The highest BCUT2D eigenvalue weighted by atomic mass is 127. The fourth-order valence-corrected chi connectivity index (χ4v) is 3.68. The number of sulfone groups is 1. The van der Waals surface area contributed by atoms with Gasteiger partial charge >= 0.3 is 0 Å². The van der Waals surface area contributed by atoms with Crippen molar-refractivity contribution >= 4 is 55.7 Å². The van der Waals surface area contributed by atoms with Crippen LogP contribution >= 0.6 is 39.9 Å². The average molecular weight is 570 g/mol. The van der Waals surface area contributed by atoms with Crippen LogP contribution in [0.5, 0.6) is 0 Å². The summed E-state index contributed by atoms with van der Waals surface area (Å²) in [5.41, 5.74) is 2.44. The number of halogens is 3. The zero-order valence-corrected chi connectivity index (χ0v) is 19.9. The smallest absolute Gasteiger partial charge is 0.191 e. The third kappa shape index (κ3) is 7.04. The molecular formula is C18H22BrFIN3O2S. The Bertz CT molecular complexity index is 936. The molecule has 0 fully saturated rings. The fraction of sp³-hybridized carbons (Fsp3) is 0.278. The summed E-state index contributed by atoms with van der Waals surface area (Å²) in [6.45, 7) is 2.68. The van der Waals surface area contributed by atoms with Gasteiger partial charge in [0, 0.05) is 26.4 Å². The second-order valence-electron chi connectivity index (χ2n) is 5.90. The third-order valence-electron chi connectivity index (χ3n) is 3.77. The molecule has 0 aliphatic carbocycles. The molecule has 0 aromatic heterocycles. The van der Waals surface area contributed by atoms with E-state index in [4.69, 9.17) is 0 Å². The maximum atomic E-state index is 13.5. The van der Waals surface area contributed by atoms with Gasteiger partial charge in [-0.15, -0.1) is 24.0 Å². The third-order valence-corrected chi connectivity index (χ3v) is 5.67. The summed E-state index contributed by atoms with van der Waals surface area (Å²) < 4.78 is 37.3. The van der Waals surface area contributed by atoms with Crippen LogP contribution in [0, 0.1) is 12.7 Å². The summed E-state index contributed by atoms with van der Waals surface area (Å²) >= 11 is 3.13. The molecular weight excluding hydrogens is 548 g/mol. The number of aliphatic imine (C=N–C) groups is 1. The molecule has 0 heterocycles. The first-order valence-electron chi connectivity index (χ1n) is 7.88. The van der Waals surface area contributed by atoms with Crippen molar-refractivity contribution in [3.63, 3.8) is 0 Å². The van der Waals surface area contributed by atoms with Crippen molar-refractivity contribution in [2.45, 2.75) is 24.9 Å². The number of nitrogens with one attached hydrogen (secondary N) is 2. The van der Waals surface area contributed by atoms with Crippen molar-refractivity contribution in [1.82, 2.24) is 10.6 Å². The second-order valence-corrected chi connectivity index (χ2v) is 8.74. The molecule has 148 valence electrons. The first-order valence-corrected chi connectivity index (χ1v) is 10.6. The molecule has 5 nitrogen and oxygen atoms in total. The predicted molar refractivity (Wildman–Crippen MR) is 121 cm³/mol. The number of hydrogen-bond acceptors (Lipinski definition) is 3. The van der Waals surface area contributed by atoms with E-state index >= 15 is 0 Å². The molecule has 0 saturated heterocycles. The topological polar surface area (TPSA) is 70.6 Å². The summed E-state index contributed by atoms with van der Waals surface area (Å²) in [6, 6.07) is 10.2. The highest BCUT2D eigenvalue weighted by molar-refractivity contribution is 14.0. The van der Waals surface area contributed by atoms with E-state index in [0.717, 1.165) is 11.1 Å². The SMILES string of the molecule is CN=C(NCc1ccc(S(C)(=O)=O)c(C)c1)NCc1ccc(Br)c(F)c1.I. The largest absolute Gasteiger partial charge is 0.352 e. The molecule has 0 radical (unpaired) electrons. The quantitative estimate of drug-likeness (QED) is 0.327. The van der Waals surface area contributed by atoms with E-state index in [1.807, 2.05) is 12.1 Å². The summed E-state index contributed by atoms with van der Waals surface area (Å²) in [6.07, 6.45) is 1.20. The number of benzene rings is 2. The van der Waals surface area contributed by atoms with Crippen LogP contribution in [-0.4, -0.2) is 27.7 Å². The van der Waals surface area contributed by atoms with Gasteiger partial charge in [0.05, 0.1) is 9.37 Å². The van der Waals surface area contributed by atoms with E-state index in [-0.39, 0.29) is 29.8 Å². The molecule has 9 heteroatoms. The van der Waals surface area contributed by atoms with Gasteiger partial charge in [-0.25, -0.2) is 12.8 Å². The number of guanidine groups is 1. The number of aryl methyl sites for hydroxylation is 1. The summed E-state index contributed by atoms with van der Waals surface area (Å²) in [4.78, 5) is 4.47. The minimum absolute atomic E-state index is 0. The normalized spacial score (nSPS) is 11.7. The average Bonchev–Trinajstić information content (AvgIpc) is 2.57. The lowest BCUT2D eigenvalue weighted by molar-refractivity contribution is 0.601. The number of hydrogen-bond donors (Lipinski definition) is 2. The van der Waals surface area contributed by atoms with Gasteiger partial charge in [-0.05, 0) is 57.7 Å². The minimum Gasteiger partial charge on any atom is -0.352 e. The van der Waals surface area contributed by atoms with Gasteiger partial charge in [-0.1, -0.05) is 18.2 Å². The van der Waals surface area contributed by atoms with Crippen molar-refractivity contribution in [3.8, 4) is 0 Å². The molecule has 2 rings (SSSR count). The molecule has 0 saturated carbocycles. The summed E-state index contributed by atoms with van der Waals surface area (Å²) in [5.74, 6) is 0.256. The van der Waals surface area contributed by atoms with Crippen LogP contribution in [0.25, 0.3) is 0 Å². The van der Waals surface area contributed by atoms with Crippen LogP contribution in [0.4, 0.5) is 4.39 Å². The maximum absolute atomic E-state index is 13.5. The Morgan fingerprint density at radius 2 is 1.67 bits per heavy atom. The molecule has 2 N–H and O–H groups in total. The van der Waals surface area contributed by atoms with E-state index in [9.17, 15) is 12.8 Å². The highest BCUT2D eigenvalue weighted by Gasteiger charge is 2.11. The number of rotatable bonds is 5. The van der Waals surface area contributed by atoms with Gasteiger partial charge in [0.25, 0.3) is 0 Å². The zero-order valence-electron chi connectivity index (χ0n) is 15.2. The molecule has 2 aromatic rings. The van der Waals surface area contributed by atoms with E-state index < -0.39 is 9.84 Å². The first-order chi connectivity index (χ1) is 12.2. The zero-order chi connectivity index (χ0) is 19.3. The number of nitrogens with zero attached hydrogens (tertiary/aromatic N) is 1. The lowest BCUT2D eigenvalue weighted by Crippen LogP contribution is -2.36. The van der Waals surface area contributed by atoms with Crippen molar-refractivity contribution in [2.75, 3.05) is 13.3 Å². The van der Waals surface area contributed by atoms with Crippen molar-refractivity contribution in [2.24, 2.45) is 4.99 Å². The Balaban J connectivity index is 0.00000364. The van der Waals surface area contributed by atoms with Gasteiger partial charge in [-0.3, -0.25) is 4.99 Å². The molecule has 0 bridgehead atoms. The first kappa shape index (κ1) is 23.8. The molecule has 0 aliphatic rings. The molecule has 27 heavy (non-hydrogen) atoms. The van der Waals surface area contributed by atoms with Crippen LogP contribution in [-0.2, 0) is 22.9 Å². The second kappa shape index (κ2) is 10.4. The Morgan fingerprint density at radius 1 is 1.11 bits per heavy atom. The molecule has 0 unspecified atom stereocenters. The molecule has 0 atom stereocenters. The van der Waals surface area contributed by atoms with Crippen LogP contribution in [0.3, 0.4) is 0 Å². The molecule has 0 spiro atoms. The van der Waals surface area contributed by atoms with E-state index in [1.165, 1.54) is 12.3 Å². The molecule has 2 aromatic carbocycles. The molecule has 0 aliphatic heterocycles. The van der Waals surface area contributed by atoms with Crippen LogP contribution in [0.15, 0.2) is 50.8 Å². The van der Waals surface area contributed by atoms with Crippen LogP contribution in [0.1, 0.15) is 16.7 Å².